The van der Waals surface area contributed by atoms with E-state index in [4.69, 9.17) is 9.26 Å². The molecule has 4 aromatic rings. The quantitative estimate of drug-likeness (QED) is 0.372. The number of halogens is 3. The van der Waals surface area contributed by atoms with Crippen LogP contribution in [-0.4, -0.2) is 21.3 Å². The van der Waals surface area contributed by atoms with Gasteiger partial charge in [0.05, 0.1) is 17.6 Å². The first-order chi connectivity index (χ1) is 16.3. The van der Waals surface area contributed by atoms with Gasteiger partial charge in [-0.3, -0.25) is 9.36 Å². The van der Waals surface area contributed by atoms with Crippen LogP contribution in [0.25, 0.3) is 22.1 Å². The van der Waals surface area contributed by atoms with Crippen LogP contribution in [0.5, 0.6) is 5.75 Å². The minimum atomic E-state index is -4.62. The SMILES string of the molecule is CCCc1c(OCCCn2c(=O)[nH]cc(-c3ccccc3)c2=O)ccc2c(C(F)(F)F)noc12. The van der Waals surface area contributed by atoms with Gasteiger partial charge in [-0.05, 0) is 30.5 Å². The van der Waals surface area contributed by atoms with E-state index in [2.05, 4.69) is 10.1 Å². The van der Waals surface area contributed by atoms with Gasteiger partial charge in [0.1, 0.15) is 5.75 Å². The highest BCUT2D eigenvalue weighted by molar-refractivity contribution is 5.85. The number of aryl methyl sites for hydroxylation is 1. The van der Waals surface area contributed by atoms with Crippen molar-refractivity contribution in [1.29, 1.82) is 0 Å². The maximum absolute atomic E-state index is 13.2. The minimum Gasteiger partial charge on any atom is -0.493 e. The molecule has 178 valence electrons. The molecule has 0 saturated heterocycles. The lowest BCUT2D eigenvalue weighted by molar-refractivity contribution is -0.141. The molecule has 0 fully saturated rings. The van der Waals surface area contributed by atoms with E-state index >= 15 is 0 Å². The molecule has 2 aromatic heterocycles. The fourth-order valence-electron chi connectivity index (χ4n) is 3.81. The number of aromatic amines is 1. The molecule has 0 amide bonds. The summed E-state index contributed by atoms with van der Waals surface area (Å²) in [4.78, 5) is 27.6. The Bertz CT molecular complexity index is 1410. The van der Waals surface area contributed by atoms with Crippen LogP contribution in [0.3, 0.4) is 0 Å². The number of hydrogen-bond acceptors (Lipinski definition) is 5. The summed E-state index contributed by atoms with van der Waals surface area (Å²) in [5.74, 6) is 0.388. The Morgan fingerprint density at radius 2 is 1.88 bits per heavy atom. The van der Waals surface area contributed by atoms with E-state index in [0.29, 0.717) is 41.7 Å². The van der Waals surface area contributed by atoms with Crippen molar-refractivity contribution in [2.45, 2.75) is 38.9 Å². The van der Waals surface area contributed by atoms with Gasteiger partial charge in [-0.15, -0.1) is 0 Å². The fourth-order valence-corrected chi connectivity index (χ4v) is 3.81. The molecular formula is C24H22F3N3O4. The molecule has 0 aliphatic rings. The number of H-pyrrole nitrogens is 1. The van der Waals surface area contributed by atoms with Crippen molar-refractivity contribution in [1.82, 2.24) is 14.7 Å². The van der Waals surface area contributed by atoms with Crippen molar-refractivity contribution >= 4 is 11.0 Å². The largest absolute Gasteiger partial charge is 0.493 e. The number of rotatable bonds is 8. The third-order valence-electron chi connectivity index (χ3n) is 5.40. The lowest BCUT2D eigenvalue weighted by atomic mass is 10.0. The molecule has 4 rings (SSSR count). The number of ether oxygens (including phenoxy) is 1. The molecule has 34 heavy (non-hydrogen) atoms. The van der Waals surface area contributed by atoms with Gasteiger partial charge in [0, 0.05) is 18.3 Å². The second-order valence-electron chi connectivity index (χ2n) is 7.73. The number of alkyl halides is 3. The van der Waals surface area contributed by atoms with Gasteiger partial charge in [-0.25, -0.2) is 4.79 Å². The van der Waals surface area contributed by atoms with Crippen molar-refractivity contribution in [3.63, 3.8) is 0 Å². The van der Waals surface area contributed by atoms with Gasteiger partial charge in [0.15, 0.2) is 11.3 Å². The number of nitrogens with zero attached hydrogens (tertiary/aromatic N) is 2. The highest BCUT2D eigenvalue weighted by atomic mass is 19.4. The highest BCUT2D eigenvalue weighted by Crippen LogP contribution is 2.38. The van der Waals surface area contributed by atoms with Gasteiger partial charge < -0.3 is 14.2 Å². The normalized spacial score (nSPS) is 11.8. The summed E-state index contributed by atoms with van der Waals surface area (Å²) < 4.78 is 51.5. The van der Waals surface area contributed by atoms with E-state index in [1.165, 1.54) is 18.3 Å². The van der Waals surface area contributed by atoms with Crippen LogP contribution in [-0.2, 0) is 19.1 Å². The Morgan fingerprint density at radius 1 is 1.12 bits per heavy atom. The molecular weight excluding hydrogens is 451 g/mol. The van der Waals surface area contributed by atoms with Crippen LogP contribution in [0.4, 0.5) is 13.2 Å². The monoisotopic (exact) mass is 473 g/mol. The number of benzene rings is 2. The molecule has 0 saturated carbocycles. The van der Waals surface area contributed by atoms with E-state index < -0.39 is 23.1 Å². The lowest BCUT2D eigenvalue weighted by Crippen LogP contribution is -2.36. The van der Waals surface area contributed by atoms with E-state index in [9.17, 15) is 22.8 Å². The zero-order valence-electron chi connectivity index (χ0n) is 18.3. The van der Waals surface area contributed by atoms with Gasteiger partial charge in [-0.2, -0.15) is 13.2 Å². The molecule has 2 aromatic carbocycles. The second-order valence-corrected chi connectivity index (χ2v) is 7.73. The number of nitrogens with one attached hydrogen (secondary N) is 1. The van der Waals surface area contributed by atoms with Gasteiger partial charge in [0.2, 0.25) is 0 Å². The Morgan fingerprint density at radius 3 is 2.59 bits per heavy atom. The van der Waals surface area contributed by atoms with Crippen LogP contribution in [0.2, 0.25) is 0 Å². The highest BCUT2D eigenvalue weighted by Gasteiger charge is 2.37. The third-order valence-corrected chi connectivity index (χ3v) is 5.40. The van der Waals surface area contributed by atoms with Crippen molar-refractivity contribution in [2.75, 3.05) is 6.61 Å². The molecule has 0 aliphatic carbocycles. The molecule has 0 unspecified atom stereocenters. The number of hydrogen-bond donors (Lipinski definition) is 1. The zero-order valence-corrected chi connectivity index (χ0v) is 18.3. The summed E-state index contributed by atoms with van der Waals surface area (Å²) in [7, 11) is 0. The predicted octanol–water partition coefficient (Wildman–Crippen LogP) is 4.79. The smallest absolute Gasteiger partial charge is 0.437 e. The summed E-state index contributed by atoms with van der Waals surface area (Å²) in [5.41, 5.74) is -0.384. The summed E-state index contributed by atoms with van der Waals surface area (Å²) >= 11 is 0. The predicted molar refractivity (Wildman–Crippen MR) is 120 cm³/mol. The first kappa shape index (κ1) is 23.3. The summed E-state index contributed by atoms with van der Waals surface area (Å²) in [6, 6.07) is 11.7. The fraction of sp³-hybridized carbons (Fsp3) is 0.292. The number of aromatic nitrogens is 3. The van der Waals surface area contributed by atoms with E-state index in [0.717, 1.165) is 4.57 Å². The van der Waals surface area contributed by atoms with Crippen LogP contribution in [0.1, 0.15) is 31.0 Å². The third kappa shape index (κ3) is 4.61. The molecule has 0 radical (unpaired) electrons. The van der Waals surface area contributed by atoms with Crippen LogP contribution >= 0.6 is 0 Å². The van der Waals surface area contributed by atoms with Crippen molar-refractivity contribution in [2.24, 2.45) is 0 Å². The lowest BCUT2D eigenvalue weighted by Gasteiger charge is -2.12. The molecule has 0 bridgehead atoms. The van der Waals surface area contributed by atoms with Crippen LogP contribution in [0, 0.1) is 0 Å². The average molecular weight is 473 g/mol. The molecule has 0 spiro atoms. The molecule has 0 atom stereocenters. The standard InChI is InChI=1S/C24H22F3N3O4/c1-2-7-16-19(11-10-17-20(16)34-29-21(17)24(25,26)27)33-13-6-12-30-22(31)18(14-28-23(30)32)15-8-4-3-5-9-15/h3-5,8-11,14H,2,6-7,12-13H2,1H3,(H,28,32). The Kier molecular flexibility index (Phi) is 6.58. The van der Waals surface area contributed by atoms with Gasteiger partial charge >= 0.3 is 11.9 Å². The van der Waals surface area contributed by atoms with E-state index in [1.54, 1.807) is 24.3 Å². The number of fused-ring (bicyclic) bond motifs is 1. The first-order valence-electron chi connectivity index (χ1n) is 10.8. The Hall–Kier alpha value is -3.82. The topological polar surface area (TPSA) is 90.1 Å². The Labute approximate surface area is 191 Å². The average Bonchev–Trinajstić information content (AvgIpc) is 3.25. The van der Waals surface area contributed by atoms with Crippen LogP contribution in [0.15, 0.2) is 62.8 Å². The minimum absolute atomic E-state index is 0.0508. The van der Waals surface area contributed by atoms with Crippen molar-refractivity contribution in [3.05, 3.63) is 80.8 Å². The van der Waals surface area contributed by atoms with Crippen molar-refractivity contribution in [3.8, 4) is 16.9 Å². The van der Waals surface area contributed by atoms with Crippen molar-refractivity contribution < 1.29 is 22.4 Å². The van der Waals surface area contributed by atoms with Gasteiger partial charge in [0.25, 0.3) is 5.56 Å². The van der Waals surface area contributed by atoms with E-state index in [-0.39, 0.29) is 24.1 Å². The maximum atomic E-state index is 13.2. The van der Waals surface area contributed by atoms with E-state index in [1.807, 2.05) is 13.0 Å². The zero-order chi connectivity index (χ0) is 24.3. The summed E-state index contributed by atoms with van der Waals surface area (Å²) in [6.45, 7) is 2.15. The molecule has 7 nitrogen and oxygen atoms in total. The summed E-state index contributed by atoms with van der Waals surface area (Å²) in [6.07, 6.45) is -1.79. The Balaban J connectivity index is 1.51. The molecule has 1 N–H and O–H groups in total. The van der Waals surface area contributed by atoms with Gasteiger partial charge in [-0.1, -0.05) is 48.8 Å². The first-order valence-corrected chi connectivity index (χ1v) is 10.8. The molecule has 10 heteroatoms. The molecule has 2 heterocycles. The summed E-state index contributed by atoms with van der Waals surface area (Å²) in [5, 5.41) is 3.10. The second kappa shape index (κ2) is 9.58. The maximum Gasteiger partial charge on any atom is 0.437 e. The molecule has 0 aliphatic heterocycles. The van der Waals surface area contributed by atoms with Crippen LogP contribution < -0.4 is 16.0 Å².